The molecule has 4 heteroatoms. The predicted molar refractivity (Wildman–Crippen MR) is 73.9 cm³/mol. The zero-order valence-electron chi connectivity index (χ0n) is 9.95. The summed E-state index contributed by atoms with van der Waals surface area (Å²) in [5.74, 6) is 0. The van der Waals surface area contributed by atoms with Crippen LogP contribution in [0.4, 0.5) is 5.69 Å². The molecule has 2 aromatic carbocycles. The van der Waals surface area contributed by atoms with E-state index in [9.17, 15) is 4.79 Å². The van der Waals surface area contributed by atoms with E-state index in [1.165, 1.54) is 0 Å². The van der Waals surface area contributed by atoms with E-state index in [2.05, 4.69) is 21.4 Å². The molecule has 0 amide bonds. The molecule has 0 saturated carbocycles. The molecular weight excluding hydrogens is 226 g/mol. The van der Waals surface area contributed by atoms with Gasteiger partial charge in [-0.25, -0.2) is 4.79 Å². The Morgan fingerprint density at radius 1 is 0.944 bits per heavy atom. The lowest BCUT2D eigenvalue weighted by Crippen LogP contribution is -1.99. The minimum atomic E-state index is -0.175. The van der Waals surface area contributed by atoms with Crippen molar-refractivity contribution in [2.45, 2.75) is 0 Å². The van der Waals surface area contributed by atoms with E-state index >= 15 is 0 Å². The molecule has 0 radical (unpaired) electrons. The van der Waals surface area contributed by atoms with E-state index in [1.807, 2.05) is 43.4 Å². The minimum Gasteiger partial charge on any atom is -0.388 e. The lowest BCUT2D eigenvalue weighted by Gasteiger charge is -2.05. The molecule has 18 heavy (non-hydrogen) atoms. The van der Waals surface area contributed by atoms with Crippen LogP contribution in [0.25, 0.3) is 22.2 Å². The van der Waals surface area contributed by atoms with Crippen molar-refractivity contribution in [3.05, 3.63) is 52.9 Å². The van der Waals surface area contributed by atoms with Crippen molar-refractivity contribution in [3.8, 4) is 11.1 Å². The lowest BCUT2D eigenvalue weighted by molar-refractivity contribution is 1.22. The number of hydrogen-bond acceptors (Lipinski definition) is 2. The van der Waals surface area contributed by atoms with Gasteiger partial charge in [-0.1, -0.05) is 18.2 Å². The maximum atomic E-state index is 11.2. The van der Waals surface area contributed by atoms with Crippen LogP contribution in [0.2, 0.25) is 0 Å². The Hall–Kier alpha value is -2.49. The zero-order valence-corrected chi connectivity index (χ0v) is 9.95. The summed E-state index contributed by atoms with van der Waals surface area (Å²) >= 11 is 0. The average molecular weight is 239 g/mol. The van der Waals surface area contributed by atoms with E-state index in [4.69, 9.17) is 0 Å². The van der Waals surface area contributed by atoms with Crippen LogP contribution in [0.15, 0.2) is 47.3 Å². The van der Waals surface area contributed by atoms with E-state index in [-0.39, 0.29) is 5.69 Å². The molecule has 3 N–H and O–H groups in total. The Morgan fingerprint density at radius 3 is 2.56 bits per heavy atom. The van der Waals surface area contributed by atoms with Gasteiger partial charge in [0.25, 0.3) is 0 Å². The van der Waals surface area contributed by atoms with Gasteiger partial charge in [-0.3, -0.25) is 0 Å². The highest BCUT2D eigenvalue weighted by Gasteiger charge is 2.02. The number of benzene rings is 2. The molecule has 0 saturated heterocycles. The van der Waals surface area contributed by atoms with Crippen molar-refractivity contribution in [2.24, 2.45) is 0 Å². The van der Waals surface area contributed by atoms with Gasteiger partial charge in [0.05, 0.1) is 11.0 Å². The summed E-state index contributed by atoms with van der Waals surface area (Å²) in [7, 11) is 1.89. The number of nitrogens with one attached hydrogen (secondary N) is 3. The van der Waals surface area contributed by atoms with Crippen LogP contribution in [-0.2, 0) is 0 Å². The topological polar surface area (TPSA) is 60.7 Å². The summed E-state index contributed by atoms with van der Waals surface area (Å²) in [5.41, 5.74) is 4.74. The van der Waals surface area contributed by atoms with Crippen LogP contribution >= 0.6 is 0 Å². The molecule has 0 fully saturated rings. The van der Waals surface area contributed by atoms with Crippen molar-refractivity contribution in [1.82, 2.24) is 9.97 Å². The number of aromatic amines is 2. The Morgan fingerprint density at radius 2 is 1.72 bits per heavy atom. The minimum absolute atomic E-state index is 0.175. The summed E-state index contributed by atoms with van der Waals surface area (Å²) in [6.07, 6.45) is 0. The highest BCUT2D eigenvalue weighted by molar-refractivity contribution is 5.82. The molecule has 0 unspecified atom stereocenters. The van der Waals surface area contributed by atoms with Gasteiger partial charge in [0, 0.05) is 12.7 Å². The van der Waals surface area contributed by atoms with E-state index in [0.29, 0.717) is 0 Å². The molecule has 4 nitrogen and oxygen atoms in total. The Kier molecular flexibility index (Phi) is 2.41. The third kappa shape index (κ3) is 1.78. The summed E-state index contributed by atoms with van der Waals surface area (Å²) < 4.78 is 0. The second-order valence-corrected chi connectivity index (χ2v) is 4.17. The average Bonchev–Trinajstić information content (AvgIpc) is 2.77. The van der Waals surface area contributed by atoms with Crippen LogP contribution in [0.5, 0.6) is 0 Å². The molecule has 0 aliphatic rings. The molecule has 1 aromatic heterocycles. The molecule has 0 spiro atoms. The Labute approximate surface area is 104 Å². The molecule has 3 aromatic rings. The van der Waals surface area contributed by atoms with Crippen molar-refractivity contribution in [3.63, 3.8) is 0 Å². The first kappa shape index (κ1) is 10.7. The summed E-state index contributed by atoms with van der Waals surface area (Å²) in [4.78, 5) is 16.7. The third-order valence-electron chi connectivity index (χ3n) is 3.00. The number of aromatic nitrogens is 2. The summed E-state index contributed by atoms with van der Waals surface area (Å²) in [6.45, 7) is 0. The molecule has 0 aliphatic heterocycles. The van der Waals surface area contributed by atoms with Crippen molar-refractivity contribution in [1.29, 1.82) is 0 Å². The van der Waals surface area contributed by atoms with Gasteiger partial charge < -0.3 is 15.3 Å². The van der Waals surface area contributed by atoms with Crippen molar-refractivity contribution < 1.29 is 0 Å². The maximum Gasteiger partial charge on any atom is 0.323 e. The van der Waals surface area contributed by atoms with Gasteiger partial charge in [0.1, 0.15) is 0 Å². The first-order valence-electron chi connectivity index (χ1n) is 5.76. The standard InChI is InChI=1S/C14H13N3O/c1-15-11-4-2-3-9(7-11)10-5-6-12-13(8-10)17-14(18)16-12/h2-8,15H,1H3,(H2,16,17,18). The number of anilines is 1. The molecule has 0 bridgehead atoms. The van der Waals surface area contributed by atoms with Gasteiger partial charge in [-0.2, -0.15) is 0 Å². The van der Waals surface area contributed by atoms with Gasteiger partial charge in [0.2, 0.25) is 0 Å². The van der Waals surface area contributed by atoms with Gasteiger partial charge in [-0.05, 0) is 35.4 Å². The van der Waals surface area contributed by atoms with Gasteiger partial charge >= 0.3 is 5.69 Å². The number of imidazole rings is 1. The van der Waals surface area contributed by atoms with Crippen molar-refractivity contribution >= 4 is 16.7 Å². The maximum absolute atomic E-state index is 11.2. The van der Waals surface area contributed by atoms with E-state index < -0.39 is 0 Å². The number of fused-ring (bicyclic) bond motifs is 1. The molecule has 90 valence electrons. The highest BCUT2D eigenvalue weighted by Crippen LogP contribution is 2.24. The summed E-state index contributed by atoms with van der Waals surface area (Å²) in [6, 6.07) is 14.0. The summed E-state index contributed by atoms with van der Waals surface area (Å²) in [5, 5.41) is 3.11. The quantitative estimate of drug-likeness (QED) is 0.643. The van der Waals surface area contributed by atoms with Gasteiger partial charge in [0.15, 0.2) is 0 Å². The van der Waals surface area contributed by atoms with E-state index in [0.717, 1.165) is 27.8 Å². The zero-order chi connectivity index (χ0) is 12.5. The SMILES string of the molecule is CNc1cccc(-c2ccc3[nH]c(=O)[nH]c3c2)c1. The molecular formula is C14H13N3O. The van der Waals surface area contributed by atoms with Crippen LogP contribution in [0.3, 0.4) is 0 Å². The number of rotatable bonds is 2. The smallest absolute Gasteiger partial charge is 0.323 e. The fourth-order valence-corrected chi connectivity index (χ4v) is 2.07. The fourth-order valence-electron chi connectivity index (χ4n) is 2.07. The second-order valence-electron chi connectivity index (χ2n) is 4.17. The monoisotopic (exact) mass is 239 g/mol. The van der Waals surface area contributed by atoms with Crippen LogP contribution in [0, 0.1) is 0 Å². The largest absolute Gasteiger partial charge is 0.388 e. The third-order valence-corrected chi connectivity index (χ3v) is 3.00. The predicted octanol–water partition coefficient (Wildman–Crippen LogP) is 2.56. The van der Waals surface area contributed by atoms with E-state index in [1.54, 1.807) is 0 Å². The second kappa shape index (κ2) is 4.07. The Bertz CT molecular complexity index is 755. The Balaban J connectivity index is 2.15. The number of H-pyrrole nitrogens is 2. The molecule has 1 heterocycles. The van der Waals surface area contributed by atoms with Crippen LogP contribution in [0.1, 0.15) is 0 Å². The first-order chi connectivity index (χ1) is 8.76. The molecule has 0 aliphatic carbocycles. The van der Waals surface area contributed by atoms with Crippen molar-refractivity contribution in [2.75, 3.05) is 12.4 Å². The van der Waals surface area contributed by atoms with Crippen LogP contribution < -0.4 is 11.0 Å². The molecule has 3 rings (SSSR count). The highest BCUT2D eigenvalue weighted by atomic mass is 16.1. The van der Waals surface area contributed by atoms with Crippen LogP contribution in [-0.4, -0.2) is 17.0 Å². The first-order valence-corrected chi connectivity index (χ1v) is 5.76. The molecule has 0 atom stereocenters. The van der Waals surface area contributed by atoms with Gasteiger partial charge in [-0.15, -0.1) is 0 Å². The normalized spacial score (nSPS) is 10.7. The fraction of sp³-hybridized carbons (Fsp3) is 0.0714. The lowest BCUT2D eigenvalue weighted by atomic mass is 10.0. The number of hydrogen-bond donors (Lipinski definition) is 3.